The van der Waals surface area contributed by atoms with Crippen LogP contribution in [-0.2, 0) is 6.42 Å². The Bertz CT molecular complexity index is 885. The highest BCUT2D eigenvalue weighted by molar-refractivity contribution is 5.78. The SMILES string of the molecule is Cc1nccnc1CCNc1c(Nc2ccncc2)c(=O)c1=O. The van der Waals surface area contributed by atoms with E-state index < -0.39 is 10.9 Å². The second kappa shape index (κ2) is 6.35. The molecule has 0 aliphatic rings. The van der Waals surface area contributed by atoms with Gasteiger partial charge in [0.25, 0.3) is 10.9 Å². The van der Waals surface area contributed by atoms with Crippen LogP contribution in [0.1, 0.15) is 11.4 Å². The van der Waals surface area contributed by atoms with Gasteiger partial charge in [0, 0.05) is 43.4 Å². The average molecular weight is 309 g/mol. The molecule has 0 saturated carbocycles. The van der Waals surface area contributed by atoms with Crippen LogP contribution >= 0.6 is 0 Å². The molecule has 0 saturated heterocycles. The Kier molecular flexibility index (Phi) is 4.09. The van der Waals surface area contributed by atoms with Crippen LogP contribution in [0.15, 0.2) is 46.5 Å². The lowest BCUT2D eigenvalue weighted by molar-refractivity contribution is 0.911. The Hall–Kier alpha value is -3.09. The zero-order chi connectivity index (χ0) is 16.2. The standard InChI is InChI=1S/C16H15N5O2/c1-10-12(19-9-8-18-10)4-7-20-13-14(16(23)15(13)22)21-11-2-5-17-6-3-11/h2-3,5-6,8-9,20H,4,7H2,1H3,(H,17,21). The van der Waals surface area contributed by atoms with Crippen LogP contribution in [0.4, 0.5) is 17.1 Å². The Morgan fingerprint density at radius 2 is 1.65 bits per heavy atom. The summed E-state index contributed by atoms with van der Waals surface area (Å²) in [5, 5.41) is 5.96. The molecule has 0 unspecified atom stereocenters. The number of aryl methyl sites for hydroxylation is 1. The number of pyridine rings is 1. The second-order valence-electron chi connectivity index (χ2n) is 5.03. The van der Waals surface area contributed by atoms with E-state index in [-0.39, 0.29) is 5.69 Å². The molecule has 2 aromatic heterocycles. The Labute approximate surface area is 132 Å². The number of nitrogens with zero attached hydrogens (tertiary/aromatic N) is 3. The van der Waals surface area contributed by atoms with E-state index in [9.17, 15) is 9.59 Å². The highest BCUT2D eigenvalue weighted by Crippen LogP contribution is 2.19. The van der Waals surface area contributed by atoms with Crippen LogP contribution in [-0.4, -0.2) is 21.5 Å². The maximum Gasteiger partial charge on any atom is 0.253 e. The number of anilines is 3. The fourth-order valence-corrected chi connectivity index (χ4v) is 2.25. The van der Waals surface area contributed by atoms with Crippen molar-refractivity contribution in [2.45, 2.75) is 13.3 Å². The van der Waals surface area contributed by atoms with Crippen molar-refractivity contribution < 1.29 is 0 Å². The van der Waals surface area contributed by atoms with Crippen molar-refractivity contribution in [3.8, 4) is 0 Å². The third-order valence-electron chi connectivity index (χ3n) is 3.51. The fraction of sp³-hybridized carbons (Fsp3) is 0.188. The largest absolute Gasteiger partial charge is 0.380 e. The van der Waals surface area contributed by atoms with Gasteiger partial charge in [0.05, 0.1) is 11.4 Å². The van der Waals surface area contributed by atoms with Crippen LogP contribution in [0.2, 0.25) is 0 Å². The predicted octanol–water partition coefficient (Wildman–Crippen LogP) is 1.17. The number of hydrogen-bond acceptors (Lipinski definition) is 7. The Morgan fingerprint density at radius 1 is 0.957 bits per heavy atom. The molecule has 0 amide bonds. The normalized spacial score (nSPS) is 10.7. The van der Waals surface area contributed by atoms with Crippen LogP contribution in [0, 0.1) is 6.92 Å². The maximum atomic E-state index is 11.7. The summed E-state index contributed by atoms with van der Waals surface area (Å²) in [6.45, 7) is 2.38. The molecule has 0 radical (unpaired) electrons. The monoisotopic (exact) mass is 309 g/mol. The van der Waals surface area contributed by atoms with E-state index in [2.05, 4.69) is 25.6 Å². The zero-order valence-electron chi connectivity index (χ0n) is 12.5. The van der Waals surface area contributed by atoms with E-state index in [1.54, 1.807) is 36.9 Å². The van der Waals surface area contributed by atoms with Gasteiger partial charge in [0.15, 0.2) is 0 Å². The molecular weight excluding hydrogens is 294 g/mol. The molecule has 116 valence electrons. The maximum absolute atomic E-state index is 11.7. The molecule has 2 N–H and O–H groups in total. The lowest BCUT2D eigenvalue weighted by Crippen LogP contribution is -2.37. The fourth-order valence-electron chi connectivity index (χ4n) is 2.25. The Balaban J connectivity index is 1.67. The van der Waals surface area contributed by atoms with Gasteiger partial charge in [-0.2, -0.15) is 0 Å². The molecule has 0 bridgehead atoms. The van der Waals surface area contributed by atoms with E-state index in [4.69, 9.17) is 0 Å². The van der Waals surface area contributed by atoms with Crippen molar-refractivity contribution in [1.29, 1.82) is 0 Å². The van der Waals surface area contributed by atoms with E-state index in [0.29, 0.717) is 24.3 Å². The first-order valence-electron chi connectivity index (χ1n) is 7.17. The lowest BCUT2D eigenvalue weighted by atomic mass is 10.1. The van der Waals surface area contributed by atoms with Gasteiger partial charge in [0.1, 0.15) is 11.4 Å². The molecule has 23 heavy (non-hydrogen) atoms. The van der Waals surface area contributed by atoms with E-state index in [1.807, 2.05) is 6.92 Å². The first-order chi connectivity index (χ1) is 11.2. The van der Waals surface area contributed by atoms with Crippen molar-refractivity contribution in [3.05, 3.63) is 68.8 Å². The van der Waals surface area contributed by atoms with Gasteiger partial charge in [-0.1, -0.05) is 0 Å². The number of rotatable bonds is 6. The number of nitrogens with one attached hydrogen (secondary N) is 2. The van der Waals surface area contributed by atoms with Gasteiger partial charge in [-0.15, -0.1) is 0 Å². The van der Waals surface area contributed by atoms with Crippen LogP contribution < -0.4 is 21.5 Å². The van der Waals surface area contributed by atoms with Crippen molar-refractivity contribution in [1.82, 2.24) is 15.0 Å². The average Bonchev–Trinajstić information content (AvgIpc) is 2.59. The van der Waals surface area contributed by atoms with Crippen molar-refractivity contribution >= 4 is 17.1 Å². The zero-order valence-corrected chi connectivity index (χ0v) is 12.5. The van der Waals surface area contributed by atoms with Crippen LogP contribution in [0.5, 0.6) is 0 Å². The quantitative estimate of drug-likeness (QED) is 0.660. The van der Waals surface area contributed by atoms with E-state index in [1.165, 1.54) is 0 Å². The highest BCUT2D eigenvalue weighted by Gasteiger charge is 2.20. The molecule has 2 heterocycles. The molecule has 7 nitrogen and oxygen atoms in total. The molecule has 0 fully saturated rings. The van der Waals surface area contributed by atoms with Crippen LogP contribution in [0.3, 0.4) is 0 Å². The highest BCUT2D eigenvalue weighted by atomic mass is 16.2. The summed E-state index contributed by atoms with van der Waals surface area (Å²) < 4.78 is 0. The predicted molar refractivity (Wildman–Crippen MR) is 87.8 cm³/mol. The summed E-state index contributed by atoms with van der Waals surface area (Å²) >= 11 is 0. The second-order valence-corrected chi connectivity index (χ2v) is 5.03. The van der Waals surface area contributed by atoms with E-state index in [0.717, 1.165) is 11.4 Å². The number of hydrogen-bond donors (Lipinski definition) is 2. The molecule has 0 aliphatic heterocycles. The van der Waals surface area contributed by atoms with Gasteiger partial charge < -0.3 is 10.6 Å². The van der Waals surface area contributed by atoms with Crippen LogP contribution in [0.25, 0.3) is 0 Å². The summed E-state index contributed by atoms with van der Waals surface area (Å²) in [4.78, 5) is 35.8. The van der Waals surface area contributed by atoms with Gasteiger partial charge in [-0.3, -0.25) is 24.5 Å². The summed E-state index contributed by atoms with van der Waals surface area (Å²) in [6.07, 6.45) is 7.11. The Morgan fingerprint density at radius 3 is 2.39 bits per heavy atom. The van der Waals surface area contributed by atoms with Crippen molar-refractivity contribution in [2.75, 3.05) is 17.2 Å². The smallest absolute Gasteiger partial charge is 0.253 e. The number of aromatic nitrogens is 3. The third-order valence-corrected chi connectivity index (χ3v) is 3.51. The van der Waals surface area contributed by atoms with E-state index >= 15 is 0 Å². The minimum Gasteiger partial charge on any atom is -0.380 e. The van der Waals surface area contributed by atoms with Gasteiger partial charge in [-0.25, -0.2) is 0 Å². The lowest BCUT2D eigenvalue weighted by Gasteiger charge is -2.14. The summed E-state index contributed by atoms with van der Waals surface area (Å²) in [7, 11) is 0. The molecule has 0 spiro atoms. The topological polar surface area (TPSA) is 96.9 Å². The molecule has 7 heteroatoms. The third kappa shape index (κ3) is 3.08. The summed E-state index contributed by atoms with van der Waals surface area (Å²) in [5.41, 5.74) is 2.01. The van der Waals surface area contributed by atoms with Gasteiger partial charge in [-0.05, 0) is 19.1 Å². The molecular formula is C16H15N5O2. The molecule has 0 aliphatic carbocycles. The van der Waals surface area contributed by atoms with Crippen molar-refractivity contribution in [2.24, 2.45) is 0 Å². The molecule has 3 rings (SSSR count). The summed E-state index contributed by atoms with van der Waals surface area (Å²) in [5.74, 6) is 0. The van der Waals surface area contributed by atoms with Gasteiger partial charge >= 0.3 is 0 Å². The molecule has 0 atom stereocenters. The molecule has 3 aromatic rings. The minimum atomic E-state index is -0.514. The van der Waals surface area contributed by atoms with Crippen molar-refractivity contribution in [3.63, 3.8) is 0 Å². The molecule has 1 aromatic carbocycles. The first-order valence-corrected chi connectivity index (χ1v) is 7.17. The first kappa shape index (κ1) is 14.8. The van der Waals surface area contributed by atoms with Gasteiger partial charge in [0.2, 0.25) is 0 Å². The summed E-state index contributed by atoms with van der Waals surface area (Å²) in [6, 6.07) is 3.45. The minimum absolute atomic E-state index is 0.289.